The largest absolute Gasteiger partial charge is 1.00 e. The van der Waals surface area contributed by atoms with Gasteiger partial charge in [0.1, 0.15) is 6.04 Å². The van der Waals surface area contributed by atoms with Gasteiger partial charge in [-0.2, -0.15) is 0 Å². The Hall–Kier alpha value is 2.66. The van der Waals surface area contributed by atoms with Gasteiger partial charge in [0.2, 0.25) is 0 Å². The number of carboxylic acid groups (broad SMARTS) is 1. The Labute approximate surface area is 161 Å². The standard InChI is InChI=1S/C6H14N2O2.2K.2H/c7-4-2-1-3-5(8)6(9)10;;;;/h5H,1-4,7-8H2,(H,9,10);;;;/q;2*+1;2*-1/t5-;;;;/m0..../s1. The smallest absolute Gasteiger partial charge is 1.00 e. The third kappa shape index (κ3) is 12.7. The molecule has 0 bridgehead atoms. The van der Waals surface area contributed by atoms with Crippen molar-refractivity contribution < 1.29 is 116 Å². The average Bonchev–Trinajstić information content (AvgIpc) is 1.88. The Balaban J connectivity index is -0.0000000675. The van der Waals surface area contributed by atoms with Crippen LogP contribution in [0.5, 0.6) is 0 Å². The molecular formula is C6H16K2N2O2. The van der Waals surface area contributed by atoms with Gasteiger partial charge >= 0.3 is 109 Å². The fourth-order valence-corrected chi connectivity index (χ4v) is 0.632. The Bertz CT molecular complexity index is 122. The van der Waals surface area contributed by atoms with Gasteiger partial charge in [0.15, 0.2) is 0 Å². The summed E-state index contributed by atoms with van der Waals surface area (Å²) in [4.78, 5) is 10.1. The second kappa shape index (κ2) is 13.7. The Morgan fingerprint density at radius 1 is 1.42 bits per heavy atom. The summed E-state index contributed by atoms with van der Waals surface area (Å²) in [5, 5.41) is 8.33. The molecule has 0 aromatic carbocycles. The molecule has 0 aliphatic carbocycles. The Morgan fingerprint density at radius 3 is 2.25 bits per heavy atom. The Kier molecular flexibility index (Phi) is 22.9. The van der Waals surface area contributed by atoms with Crippen molar-refractivity contribution in [3.63, 3.8) is 0 Å². The van der Waals surface area contributed by atoms with Crippen molar-refractivity contribution in [3.05, 3.63) is 0 Å². The first-order valence-corrected chi connectivity index (χ1v) is 3.37. The molecule has 0 radical (unpaired) electrons. The van der Waals surface area contributed by atoms with Gasteiger partial charge in [-0.25, -0.2) is 0 Å². The van der Waals surface area contributed by atoms with Gasteiger partial charge in [0, 0.05) is 0 Å². The molecule has 0 rings (SSSR count). The van der Waals surface area contributed by atoms with E-state index in [9.17, 15) is 4.79 Å². The summed E-state index contributed by atoms with van der Waals surface area (Å²) >= 11 is 0. The normalized spacial score (nSPS) is 10.8. The number of carbonyl (C=O) groups is 1. The van der Waals surface area contributed by atoms with Crippen LogP contribution in [0.3, 0.4) is 0 Å². The van der Waals surface area contributed by atoms with E-state index in [1.807, 2.05) is 0 Å². The molecule has 12 heavy (non-hydrogen) atoms. The van der Waals surface area contributed by atoms with Crippen LogP contribution in [0.25, 0.3) is 0 Å². The van der Waals surface area contributed by atoms with Crippen molar-refractivity contribution in [1.29, 1.82) is 0 Å². The van der Waals surface area contributed by atoms with E-state index in [0.717, 1.165) is 12.8 Å². The summed E-state index contributed by atoms with van der Waals surface area (Å²) in [6.45, 7) is 0.604. The summed E-state index contributed by atoms with van der Waals surface area (Å²) in [5.41, 5.74) is 10.4. The molecule has 0 aliphatic rings. The van der Waals surface area contributed by atoms with Crippen LogP contribution in [-0.4, -0.2) is 23.7 Å². The molecule has 0 aromatic rings. The van der Waals surface area contributed by atoms with Gasteiger partial charge in [0.25, 0.3) is 0 Å². The van der Waals surface area contributed by atoms with Gasteiger partial charge < -0.3 is 19.4 Å². The number of unbranched alkanes of at least 4 members (excludes halogenated alkanes) is 1. The van der Waals surface area contributed by atoms with Crippen LogP contribution < -0.4 is 114 Å². The molecule has 0 saturated carbocycles. The van der Waals surface area contributed by atoms with Crippen LogP contribution in [0.15, 0.2) is 0 Å². The second-order valence-electron chi connectivity index (χ2n) is 2.23. The fourth-order valence-electron chi connectivity index (χ4n) is 0.632. The minimum atomic E-state index is -0.933. The summed E-state index contributed by atoms with van der Waals surface area (Å²) in [7, 11) is 0. The average molecular weight is 226 g/mol. The van der Waals surface area contributed by atoms with Gasteiger partial charge in [-0.3, -0.25) is 4.79 Å². The topological polar surface area (TPSA) is 89.3 Å². The molecule has 5 N–H and O–H groups in total. The van der Waals surface area contributed by atoms with E-state index in [-0.39, 0.29) is 106 Å². The summed E-state index contributed by atoms with van der Waals surface area (Å²) in [6.07, 6.45) is 2.16. The number of carboxylic acids is 1. The quantitative estimate of drug-likeness (QED) is 0.321. The molecule has 0 aromatic heterocycles. The third-order valence-electron chi connectivity index (χ3n) is 1.29. The zero-order chi connectivity index (χ0) is 7.98. The first-order chi connectivity index (χ1) is 4.68. The fraction of sp³-hybridized carbons (Fsp3) is 0.833. The first kappa shape index (κ1) is 20.1. The molecule has 0 saturated heterocycles. The van der Waals surface area contributed by atoms with E-state index in [4.69, 9.17) is 16.6 Å². The van der Waals surface area contributed by atoms with Gasteiger partial charge in [-0.15, -0.1) is 0 Å². The van der Waals surface area contributed by atoms with Gasteiger partial charge in [0.05, 0.1) is 0 Å². The molecule has 0 spiro atoms. The van der Waals surface area contributed by atoms with Crippen LogP contribution in [0.1, 0.15) is 22.1 Å². The maximum absolute atomic E-state index is 10.1. The summed E-state index contributed by atoms with van der Waals surface area (Å²) in [5.74, 6) is -0.933. The molecule has 64 valence electrons. The number of nitrogens with two attached hydrogens (primary N) is 2. The van der Waals surface area contributed by atoms with Crippen molar-refractivity contribution in [2.75, 3.05) is 6.54 Å². The number of aliphatic carboxylic acids is 1. The van der Waals surface area contributed by atoms with Gasteiger partial charge in [-0.1, -0.05) is 6.42 Å². The van der Waals surface area contributed by atoms with E-state index in [2.05, 4.69) is 0 Å². The third-order valence-corrected chi connectivity index (χ3v) is 1.29. The molecular weight excluding hydrogens is 210 g/mol. The molecule has 0 heterocycles. The zero-order valence-corrected chi connectivity index (χ0v) is 14.2. The number of hydrogen-bond acceptors (Lipinski definition) is 3. The SMILES string of the molecule is NCCCC[C@H](N)C(=O)O.[H-].[H-].[K+].[K+]. The number of rotatable bonds is 5. The van der Waals surface area contributed by atoms with Crippen LogP contribution in [0, 0.1) is 0 Å². The van der Waals surface area contributed by atoms with Crippen LogP contribution >= 0.6 is 0 Å². The molecule has 4 nitrogen and oxygen atoms in total. The van der Waals surface area contributed by atoms with Crippen molar-refractivity contribution in [1.82, 2.24) is 0 Å². The van der Waals surface area contributed by atoms with Crippen molar-refractivity contribution >= 4 is 5.97 Å². The van der Waals surface area contributed by atoms with Crippen LogP contribution in [-0.2, 0) is 4.79 Å². The molecule has 6 heteroatoms. The predicted molar refractivity (Wildman–Crippen MR) is 40.7 cm³/mol. The number of hydrogen-bond donors (Lipinski definition) is 3. The van der Waals surface area contributed by atoms with Gasteiger partial charge in [-0.05, 0) is 19.4 Å². The summed E-state index contributed by atoms with van der Waals surface area (Å²) in [6, 6.07) is -0.716. The maximum atomic E-state index is 10.1. The van der Waals surface area contributed by atoms with E-state index < -0.39 is 12.0 Å². The van der Waals surface area contributed by atoms with Crippen LogP contribution in [0.2, 0.25) is 0 Å². The minimum Gasteiger partial charge on any atom is -1.00 e. The van der Waals surface area contributed by atoms with E-state index in [1.165, 1.54) is 0 Å². The minimum absolute atomic E-state index is 0. The maximum Gasteiger partial charge on any atom is 1.00 e. The van der Waals surface area contributed by atoms with E-state index in [1.54, 1.807) is 0 Å². The zero-order valence-electron chi connectivity index (χ0n) is 9.92. The van der Waals surface area contributed by atoms with E-state index >= 15 is 0 Å². The monoisotopic (exact) mass is 226 g/mol. The van der Waals surface area contributed by atoms with Crippen molar-refractivity contribution in [2.24, 2.45) is 11.5 Å². The molecule has 1 atom stereocenters. The molecule has 0 fully saturated rings. The Morgan fingerprint density at radius 2 is 1.92 bits per heavy atom. The van der Waals surface area contributed by atoms with Crippen molar-refractivity contribution in [3.8, 4) is 0 Å². The first-order valence-electron chi connectivity index (χ1n) is 3.37. The van der Waals surface area contributed by atoms with Crippen molar-refractivity contribution in [2.45, 2.75) is 25.3 Å². The predicted octanol–water partition coefficient (Wildman–Crippen LogP) is -6.24. The molecule has 0 aliphatic heterocycles. The molecule has 0 unspecified atom stereocenters. The second-order valence-corrected chi connectivity index (χ2v) is 2.23. The van der Waals surface area contributed by atoms with Crippen LogP contribution in [0.4, 0.5) is 0 Å². The van der Waals surface area contributed by atoms with E-state index in [0.29, 0.717) is 13.0 Å². The summed E-state index contributed by atoms with van der Waals surface area (Å²) < 4.78 is 0. The molecule has 0 amide bonds.